The third-order valence-corrected chi connectivity index (χ3v) is 8.32. The Hall–Kier alpha value is -2.13. The van der Waals surface area contributed by atoms with Crippen LogP contribution in [0.2, 0.25) is 0 Å². The van der Waals surface area contributed by atoms with Gasteiger partial charge in [0.2, 0.25) is 16.8 Å². The highest BCUT2D eigenvalue weighted by Crippen LogP contribution is 2.33. The third-order valence-electron chi connectivity index (χ3n) is 6.86. The molecule has 1 saturated heterocycles. The first-order valence-electron chi connectivity index (χ1n) is 11.4. The highest BCUT2D eigenvalue weighted by Gasteiger charge is 2.24. The minimum atomic E-state index is -3.50. The van der Waals surface area contributed by atoms with E-state index in [1.807, 2.05) is 24.3 Å². The first-order valence-corrected chi connectivity index (χ1v) is 12.9. The molecule has 172 valence electrons. The molecule has 0 saturated carbocycles. The fourth-order valence-corrected chi connectivity index (χ4v) is 6.08. The summed E-state index contributed by atoms with van der Waals surface area (Å²) in [7, 11) is -1.39. The molecule has 8 heteroatoms. The van der Waals surface area contributed by atoms with E-state index >= 15 is 0 Å². The molecule has 0 radical (unpaired) electrons. The number of sulfonamides is 1. The van der Waals surface area contributed by atoms with Gasteiger partial charge in [0, 0.05) is 32.2 Å². The Bertz CT molecular complexity index is 1090. The van der Waals surface area contributed by atoms with Gasteiger partial charge in [-0.05, 0) is 80.2 Å². The third kappa shape index (κ3) is 4.64. The molecule has 7 nitrogen and oxygen atoms in total. The van der Waals surface area contributed by atoms with Gasteiger partial charge >= 0.3 is 0 Å². The maximum absolute atomic E-state index is 12.9. The lowest BCUT2D eigenvalue weighted by molar-refractivity contribution is 0.174. The Morgan fingerprint density at radius 2 is 1.94 bits per heavy atom. The van der Waals surface area contributed by atoms with Crippen molar-refractivity contribution in [3.8, 4) is 11.5 Å². The molecule has 1 unspecified atom stereocenters. The van der Waals surface area contributed by atoms with E-state index in [0.717, 1.165) is 62.5 Å². The number of ether oxygens (including phenoxy) is 2. The van der Waals surface area contributed by atoms with Gasteiger partial charge in [0.05, 0.1) is 4.90 Å². The van der Waals surface area contributed by atoms with Gasteiger partial charge < -0.3 is 14.4 Å². The van der Waals surface area contributed by atoms with Crippen LogP contribution < -0.4 is 14.2 Å². The Kier molecular flexibility index (Phi) is 6.11. The fourth-order valence-electron chi connectivity index (χ4n) is 4.98. The minimum Gasteiger partial charge on any atom is -0.454 e. The first kappa shape index (κ1) is 21.7. The predicted molar refractivity (Wildman–Crippen MR) is 122 cm³/mol. The molecule has 2 aromatic rings. The van der Waals surface area contributed by atoms with Crippen LogP contribution in [0.1, 0.15) is 36.0 Å². The van der Waals surface area contributed by atoms with Crippen LogP contribution in [0.4, 0.5) is 0 Å². The summed E-state index contributed by atoms with van der Waals surface area (Å²) in [6, 6.07) is 12.1. The Morgan fingerprint density at radius 1 is 1.06 bits per heavy atom. The van der Waals surface area contributed by atoms with E-state index in [0.29, 0.717) is 17.5 Å². The normalized spacial score (nSPS) is 21.1. The summed E-state index contributed by atoms with van der Waals surface area (Å²) in [6.45, 7) is 4.33. The molecule has 1 fully saturated rings. The van der Waals surface area contributed by atoms with Gasteiger partial charge in [-0.2, -0.15) is 0 Å². The number of rotatable bonds is 7. The molecule has 32 heavy (non-hydrogen) atoms. The van der Waals surface area contributed by atoms with Crippen LogP contribution in [-0.2, 0) is 29.5 Å². The van der Waals surface area contributed by atoms with Crippen LogP contribution >= 0.6 is 0 Å². The summed E-state index contributed by atoms with van der Waals surface area (Å²) in [6.07, 6.45) is 4.11. The zero-order valence-corrected chi connectivity index (χ0v) is 19.4. The van der Waals surface area contributed by atoms with Crippen LogP contribution in [-0.4, -0.2) is 57.7 Å². The zero-order valence-electron chi connectivity index (χ0n) is 18.5. The topological polar surface area (TPSA) is 71.1 Å². The van der Waals surface area contributed by atoms with E-state index in [4.69, 9.17) is 9.47 Å². The fraction of sp³-hybridized carbons (Fsp3) is 0.500. The smallest absolute Gasteiger partial charge is 0.240 e. The molecule has 0 bridgehead atoms. The van der Waals surface area contributed by atoms with Crippen molar-refractivity contribution in [2.75, 3.05) is 33.5 Å². The van der Waals surface area contributed by atoms with Gasteiger partial charge in [-0.25, -0.2) is 13.1 Å². The van der Waals surface area contributed by atoms with E-state index < -0.39 is 10.0 Å². The monoisotopic (exact) mass is 457 g/mol. The van der Waals surface area contributed by atoms with Crippen LogP contribution in [0.3, 0.4) is 0 Å². The van der Waals surface area contributed by atoms with E-state index in [-0.39, 0.29) is 6.79 Å². The van der Waals surface area contributed by atoms with E-state index in [1.54, 1.807) is 6.07 Å². The summed E-state index contributed by atoms with van der Waals surface area (Å²) in [4.78, 5) is 5.03. The summed E-state index contributed by atoms with van der Waals surface area (Å²) in [5.74, 6) is 1.59. The van der Waals surface area contributed by atoms with Gasteiger partial charge in [0.1, 0.15) is 0 Å². The molecule has 1 N–H and O–H groups in total. The van der Waals surface area contributed by atoms with Crippen LogP contribution in [0.25, 0.3) is 0 Å². The van der Waals surface area contributed by atoms with Crippen LogP contribution in [0.5, 0.6) is 11.5 Å². The molecule has 0 aromatic heterocycles. The van der Waals surface area contributed by atoms with Crippen molar-refractivity contribution in [2.45, 2.75) is 49.7 Å². The predicted octanol–water partition coefficient (Wildman–Crippen LogP) is 2.74. The highest BCUT2D eigenvalue weighted by molar-refractivity contribution is 7.89. The second-order valence-corrected chi connectivity index (χ2v) is 10.8. The van der Waals surface area contributed by atoms with Crippen molar-refractivity contribution in [1.29, 1.82) is 0 Å². The standard InChI is InChI=1S/C24H31N3O4S/c1-26-11-2-3-21(26)8-10-25-32(28,29)22-6-5-19-9-12-27(16-20(19)14-22)15-18-4-7-23-24(13-18)31-17-30-23/h4-7,13-14,21,25H,2-3,8-12,15-17H2,1H3. The average Bonchev–Trinajstić information content (AvgIpc) is 3.41. The molecule has 5 rings (SSSR count). The van der Waals surface area contributed by atoms with Gasteiger partial charge in [0.15, 0.2) is 11.5 Å². The number of likely N-dealkylation sites (tertiary alicyclic amines) is 1. The average molecular weight is 458 g/mol. The second kappa shape index (κ2) is 9.02. The maximum Gasteiger partial charge on any atom is 0.240 e. The van der Waals surface area contributed by atoms with E-state index in [9.17, 15) is 8.42 Å². The SMILES string of the molecule is CN1CCCC1CCNS(=O)(=O)c1ccc2c(c1)CN(Cc1ccc3c(c1)OCO3)CC2. The molecular formula is C24H31N3O4S. The maximum atomic E-state index is 12.9. The molecule has 1 atom stereocenters. The van der Waals surface area contributed by atoms with Crippen LogP contribution in [0, 0.1) is 0 Å². The summed E-state index contributed by atoms with van der Waals surface area (Å²) in [5.41, 5.74) is 3.49. The van der Waals surface area contributed by atoms with Crippen molar-refractivity contribution in [2.24, 2.45) is 0 Å². The molecule has 3 heterocycles. The summed E-state index contributed by atoms with van der Waals surface area (Å²) in [5, 5.41) is 0. The largest absolute Gasteiger partial charge is 0.454 e. The molecule has 0 spiro atoms. The van der Waals surface area contributed by atoms with Crippen molar-refractivity contribution in [3.63, 3.8) is 0 Å². The lowest BCUT2D eigenvalue weighted by Crippen LogP contribution is -2.32. The van der Waals surface area contributed by atoms with Crippen molar-refractivity contribution in [3.05, 3.63) is 53.1 Å². The highest BCUT2D eigenvalue weighted by atomic mass is 32.2. The number of benzene rings is 2. The molecule has 2 aromatic carbocycles. The lowest BCUT2D eigenvalue weighted by atomic mass is 9.99. The van der Waals surface area contributed by atoms with Crippen molar-refractivity contribution >= 4 is 10.0 Å². The Labute approximate surface area is 190 Å². The Balaban J connectivity index is 1.23. The zero-order chi connectivity index (χ0) is 22.1. The summed E-state index contributed by atoms with van der Waals surface area (Å²) < 4.78 is 39.5. The van der Waals surface area contributed by atoms with Gasteiger partial charge in [0.25, 0.3) is 0 Å². The number of nitrogens with one attached hydrogen (secondary N) is 1. The minimum absolute atomic E-state index is 0.276. The lowest BCUT2D eigenvalue weighted by Gasteiger charge is -2.29. The molecular weight excluding hydrogens is 426 g/mol. The van der Waals surface area contributed by atoms with Gasteiger partial charge in [-0.3, -0.25) is 4.90 Å². The number of hydrogen-bond donors (Lipinski definition) is 1. The van der Waals surface area contributed by atoms with Crippen molar-refractivity contribution < 1.29 is 17.9 Å². The van der Waals surface area contributed by atoms with E-state index in [1.165, 1.54) is 17.5 Å². The van der Waals surface area contributed by atoms with Gasteiger partial charge in [-0.15, -0.1) is 0 Å². The molecule has 3 aliphatic heterocycles. The van der Waals surface area contributed by atoms with Gasteiger partial charge in [-0.1, -0.05) is 12.1 Å². The molecule has 0 amide bonds. The van der Waals surface area contributed by atoms with E-state index in [2.05, 4.69) is 27.6 Å². The first-order chi connectivity index (χ1) is 15.5. The van der Waals surface area contributed by atoms with Crippen molar-refractivity contribution in [1.82, 2.24) is 14.5 Å². The second-order valence-electron chi connectivity index (χ2n) is 9.04. The molecule has 3 aliphatic rings. The van der Waals surface area contributed by atoms with Crippen LogP contribution in [0.15, 0.2) is 41.3 Å². The number of nitrogens with zero attached hydrogens (tertiary/aromatic N) is 2. The Morgan fingerprint density at radius 3 is 2.78 bits per heavy atom. The summed E-state index contributed by atoms with van der Waals surface area (Å²) >= 11 is 0. The number of fused-ring (bicyclic) bond motifs is 2. The molecule has 0 aliphatic carbocycles. The quantitative estimate of drug-likeness (QED) is 0.690. The number of hydrogen-bond acceptors (Lipinski definition) is 6.